The molecule has 6 heteroatoms. The first-order chi connectivity index (χ1) is 9.00. The highest BCUT2D eigenvalue weighted by molar-refractivity contribution is 8.00. The van der Waals surface area contributed by atoms with Crippen LogP contribution in [0.2, 0.25) is 0 Å². The van der Waals surface area contributed by atoms with Crippen LogP contribution in [-0.2, 0) is 6.54 Å². The van der Waals surface area contributed by atoms with Crippen molar-refractivity contribution in [3.8, 4) is 0 Å². The van der Waals surface area contributed by atoms with E-state index in [1.807, 2.05) is 31.9 Å². The van der Waals surface area contributed by atoms with Gasteiger partial charge in [0.15, 0.2) is 5.96 Å². The largest absolute Gasteiger partial charge is 0.351 e. The molecule has 106 valence electrons. The van der Waals surface area contributed by atoms with E-state index in [0.717, 1.165) is 36.4 Å². The van der Waals surface area contributed by atoms with Crippen LogP contribution in [-0.4, -0.2) is 46.5 Å². The SMILES string of the molecule is CN=C(NCc1cnc(C)s1)N1CCSC(C)(C)C1. The van der Waals surface area contributed by atoms with Gasteiger partial charge < -0.3 is 10.2 Å². The van der Waals surface area contributed by atoms with Crippen LogP contribution in [0, 0.1) is 6.92 Å². The fourth-order valence-electron chi connectivity index (χ4n) is 2.18. The topological polar surface area (TPSA) is 40.5 Å². The van der Waals surface area contributed by atoms with Gasteiger partial charge in [-0.05, 0) is 20.8 Å². The lowest BCUT2D eigenvalue weighted by atomic mass is 10.2. The molecule has 2 heterocycles. The number of thioether (sulfide) groups is 1. The van der Waals surface area contributed by atoms with Gasteiger partial charge in [0.1, 0.15) is 0 Å². The summed E-state index contributed by atoms with van der Waals surface area (Å²) in [5, 5.41) is 4.56. The average molecular weight is 298 g/mol. The molecule has 19 heavy (non-hydrogen) atoms. The van der Waals surface area contributed by atoms with E-state index < -0.39 is 0 Å². The van der Waals surface area contributed by atoms with Crippen molar-refractivity contribution in [3.63, 3.8) is 0 Å². The van der Waals surface area contributed by atoms with Gasteiger partial charge in [0.05, 0.1) is 11.6 Å². The van der Waals surface area contributed by atoms with Crippen LogP contribution in [0.15, 0.2) is 11.2 Å². The summed E-state index contributed by atoms with van der Waals surface area (Å²) >= 11 is 3.77. The number of hydrogen-bond donors (Lipinski definition) is 1. The summed E-state index contributed by atoms with van der Waals surface area (Å²) in [5.74, 6) is 2.16. The molecule has 1 fully saturated rings. The van der Waals surface area contributed by atoms with Crippen molar-refractivity contribution in [3.05, 3.63) is 16.1 Å². The lowest BCUT2D eigenvalue weighted by molar-refractivity contribution is 0.376. The van der Waals surface area contributed by atoms with Gasteiger partial charge in [-0.2, -0.15) is 11.8 Å². The van der Waals surface area contributed by atoms with Crippen molar-refractivity contribution in [2.75, 3.05) is 25.9 Å². The highest BCUT2D eigenvalue weighted by atomic mass is 32.2. The van der Waals surface area contributed by atoms with Gasteiger partial charge in [0, 0.05) is 41.7 Å². The van der Waals surface area contributed by atoms with Crippen LogP contribution < -0.4 is 5.32 Å². The molecule has 0 aliphatic carbocycles. The summed E-state index contributed by atoms with van der Waals surface area (Å²) in [6, 6.07) is 0. The monoisotopic (exact) mass is 298 g/mol. The van der Waals surface area contributed by atoms with Gasteiger partial charge in [-0.3, -0.25) is 4.99 Å². The first-order valence-electron chi connectivity index (χ1n) is 6.51. The molecule has 1 N–H and O–H groups in total. The van der Waals surface area contributed by atoms with Gasteiger partial charge in [-0.15, -0.1) is 11.3 Å². The van der Waals surface area contributed by atoms with E-state index in [2.05, 4.69) is 34.0 Å². The molecule has 1 saturated heterocycles. The van der Waals surface area contributed by atoms with Crippen molar-refractivity contribution in [1.82, 2.24) is 15.2 Å². The van der Waals surface area contributed by atoms with E-state index in [1.165, 1.54) is 4.88 Å². The number of guanidine groups is 1. The molecular weight excluding hydrogens is 276 g/mol. The predicted octanol–water partition coefficient (Wildman–Crippen LogP) is 2.35. The van der Waals surface area contributed by atoms with Crippen molar-refractivity contribution in [1.29, 1.82) is 0 Å². The normalized spacial score (nSPS) is 19.6. The minimum absolute atomic E-state index is 0.303. The lowest BCUT2D eigenvalue weighted by Gasteiger charge is -2.39. The van der Waals surface area contributed by atoms with Crippen LogP contribution in [0.5, 0.6) is 0 Å². The van der Waals surface area contributed by atoms with Gasteiger partial charge in [-0.1, -0.05) is 0 Å². The number of thiazole rings is 1. The number of aliphatic imine (C=N–C) groups is 1. The Morgan fingerprint density at radius 1 is 1.58 bits per heavy atom. The molecule has 1 aliphatic heterocycles. The van der Waals surface area contributed by atoms with Crippen molar-refractivity contribution >= 4 is 29.1 Å². The van der Waals surface area contributed by atoms with Crippen LogP contribution in [0.1, 0.15) is 23.7 Å². The summed E-state index contributed by atoms with van der Waals surface area (Å²) in [7, 11) is 1.86. The average Bonchev–Trinajstić information content (AvgIpc) is 2.75. The zero-order valence-electron chi connectivity index (χ0n) is 12.1. The number of aromatic nitrogens is 1. The lowest BCUT2D eigenvalue weighted by Crippen LogP contribution is -2.50. The Morgan fingerprint density at radius 3 is 2.95 bits per heavy atom. The highest BCUT2D eigenvalue weighted by Crippen LogP contribution is 2.29. The Labute approximate surface area is 123 Å². The molecule has 2 rings (SSSR count). The van der Waals surface area contributed by atoms with E-state index in [1.54, 1.807) is 11.3 Å². The second kappa shape index (κ2) is 6.13. The maximum Gasteiger partial charge on any atom is 0.194 e. The molecule has 0 aromatic carbocycles. The van der Waals surface area contributed by atoms with E-state index in [4.69, 9.17) is 0 Å². The Balaban J connectivity index is 1.93. The number of aryl methyl sites for hydroxylation is 1. The second-order valence-corrected chi connectivity index (χ2v) is 8.40. The van der Waals surface area contributed by atoms with Crippen LogP contribution in [0.25, 0.3) is 0 Å². The van der Waals surface area contributed by atoms with Gasteiger partial charge in [-0.25, -0.2) is 4.98 Å². The summed E-state index contributed by atoms with van der Waals surface area (Å²) < 4.78 is 0.303. The molecule has 1 aromatic heterocycles. The third kappa shape index (κ3) is 4.11. The number of nitrogens with zero attached hydrogens (tertiary/aromatic N) is 3. The zero-order chi connectivity index (χ0) is 13.9. The molecular formula is C13H22N4S2. The maximum atomic E-state index is 4.41. The van der Waals surface area contributed by atoms with Gasteiger partial charge >= 0.3 is 0 Å². The van der Waals surface area contributed by atoms with Gasteiger partial charge in [0.2, 0.25) is 0 Å². The second-order valence-electron chi connectivity index (χ2n) is 5.28. The first-order valence-corrected chi connectivity index (χ1v) is 8.31. The molecule has 1 aromatic rings. The predicted molar refractivity (Wildman–Crippen MR) is 85.2 cm³/mol. The first kappa shape index (κ1) is 14.7. The Bertz CT molecular complexity index is 453. The third-order valence-corrected chi connectivity index (χ3v) is 5.24. The Morgan fingerprint density at radius 2 is 2.37 bits per heavy atom. The molecule has 0 bridgehead atoms. The quantitative estimate of drug-likeness (QED) is 0.672. The summed E-state index contributed by atoms with van der Waals surface area (Å²) in [5.41, 5.74) is 0. The maximum absolute atomic E-state index is 4.41. The molecule has 0 radical (unpaired) electrons. The zero-order valence-corrected chi connectivity index (χ0v) is 13.7. The minimum atomic E-state index is 0.303. The standard InChI is InChI=1S/C13H22N4S2/c1-10-15-7-11(19-10)8-16-12(14-4)17-5-6-18-13(2,3)9-17/h7H,5-6,8-9H2,1-4H3,(H,14,16). The van der Waals surface area contributed by atoms with Crippen molar-refractivity contribution < 1.29 is 0 Å². The van der Waals surface area contributed by atoms with Gasteiger partial charge in [0.25, 0.3) is 0 Å². The molecule has 0 spiro atoms. The number of nitrogens with one attached hydrogen (secondary N) is 1. The van der Waals surface area contributed by atoms with Crippen molar-refractivity contribution in [2.24, 2.45) is 4.99 Å². The molecule has 0 amide bonds. The Hall–Kier alpha value is -0.750. The Kier molecular flexibility index (Phi) is 4.73. The third-order valence-electron chi connectivity index (χ3n) is 3.03. The van der Waals surface area contributed by atoms with Crippen molar-refractivity contribution in [2.45, 2.75) is 32.1 Å². The summed E-state index contributed by atoms with van der Waals surface area (Å²) in [6.07, 6.45) is 1.94. The fraction of sp³-hybridized carbons (Fsp3) is 0.692. The fourth-order valence-corrected chi connectivity index (χ4v) is 4.03. The number of rotatable bonds is 2. The molecule has 0 saturated carbocycles. The van der Waals surface area contributed by atoms with E-state index in [-0.39, 0.29) is 0 Å². The minimum Gasteiger partial charge on any atom is -0.351 e. The van der Waals surface area contributed by atoms with Crippen LogP contribution in [0.3, 0.4) is 0 Å². The summed E-state index contributed by atoms with van der Waals surface area (Å²) in [6.45, 7) is 9.54. The van der Waals surface area contributed by atoms with E-state index in [0.29, 0.717) is 4.75 Å². The van der Waals surface area contributed by atoms with E-state index >= 15 is 0 Å². The smallest absolute Gasteiger partial charge is 0.194 e. The highest BCUT2D eigenvalue weighted by Gasteiger charge is 2.28. The molecule has 4 nitrogen and oxygen atoms in total. The van der Waals surface area contributed by atoms with Crippen LogP contribution in [0.4, 0.5) is 0 Å². The molecule has 0 atom stereocenters. The number of hydrogen-bond acceptors (Lipinski definition) is 4. The summed E-state index contributed by atoms with van der Waals surface area (Å²) in [4.78, 5) is 12.3. The molecule has 0 unspecified atom stereocenters. The van der Waals surface area contributed by atoms with Crippen LogP contribution >= 0.6 is 23.1 Å². The van der Waals surface area contributed by atoms with E-state index in [9.17, 15) is 0 Å². The molecule has 1 aliphatic rings.